The zero-order chi connectivity index (χ0) is 16.1. The summed E-state index contributed by atoms with van der Waals surface area (Å²) in [4.78, 5) is 13.8. The minimum Gasteiger partial charge on any atom is -0.396 e. The van der Waals surface area contributed by atoms with Gasteiger partial charge in [-0.05, 0) is 30.4 Å². The Hall–Kier alpha value is -1.69. The molecule has 1 heterocycles. The van der Waals surface area contributed by atoms with Gasteiger partial charge in [-0.25, -0.2) is 13.6 Å². The van der Waals surface area contributed by atoms with E-state index in [2.05, 4.69) is 5.32 Å². The molecule has 4 nitrogen and oxygen atoms in total. The van der Waals surface area contributed by atoms with Crippen LogP contribution in [0, 0.1) is 17.6 Å². The number of urea groups is 1. The van der Waals surface area contributed by atoms with Crippen molar-refractivity contribution in [2.24, 2.45) is 5.92 Å². The van der Waals surface area contributed by atoms with E-state index in [4.69, 9.17) is 0 Å². The number of benzene rings is 1. The van der Waals surface area contributed by atoms with E-state index < -0.39 is 11.6 Å². The average Bonchev–Trinajstić information content (AvgIpc) is 2.52. The third-order valence-electron chi connectivity index (χ3n) is 4.12. The number of carbonyl (C=O) groups excluding carboxylic acids is 1. The highest BCUT2D eigenvalue weighted by Crippen LogP contribution is 2.20. The van der Waals surface area contributed by atoms with Crippen LogP contribution in [-0.4, -0.2) is 42.3 Å². The van der Waals surface area contributed by atoms with E-state index >= 15 is 0 Å². The van der Waals surface area contributed by atoms with Gasteiger partial charge in [0.15, 0.2) is 0 Å². The van der Waals surface area contributed by atoms with Crippen molar-refractivity contribution in [3.63, 3.8) is 0 Å². The van der Waals surface area contributed by atoms with Crippen molar-refractivity contribution >= 4 is 6.03 Å². The Kier molecular flexibility index (Phi) is 5.71. The molecular formula is C16H22F2N2O2. The monoisotopic (exact) mass is 312 g/mol. The lowest BCUT2D eigenvalue weighted by Gasteiger charge is -2.32. The van der Waals surface area contributed by atoms with Crippen LogP contribution in [0.5, 0.6) is 0 Å². The van der Waals surface area contributed by atoms with Crippen molar-refractivity contribution in [3.05, 3.63) is 35.4 Å². The predicted octanol–water partition coefficient (Wildman–Crippen LogP) is 2.48. The van der Waals surface area contributed by atoms with E-state index in [1.807, 2.05) is 0 Å². The first kappa shape index (κ1) is 16.7. The van der Waals surface area contributed by atoms with Crippen LogP contribution in [0.2, 0.25) is 0 Å². The predicted molar refractivity (Wildman–Crippen MR) is 79.6 cm³/mol. The molecule has 2 amide bonds. The van der Waals surface area contributed by atoms with Gasteiger partial charge in [-0.3, -0.25) is 0 Å². The first-order valence-corrected chi connectivity index (χ1v) is 7.59. The topological polar surface area (TPSA) is 52.6 Å². The highest BCUT2D eigenvalue weighted by molar-refractivity contribution is 5.74. The van der Waals surface area contributed by atoms with Gasteiger partial charge in [0.1, 0.15) is 11.6 Å². The van der Waals surface area contributed by atoms with E-state index in [1.54, 1.807) is 11.8 Å². The lowest BCUT2D eigenvalue weighted by Crippen LogP contribution is -2.46. The second-order valence-electron chi connectivity index (χ2n) is 5.89. The molecule has 22 heavy (non-hydrogen) atoms. The maximum atomic E-state index is 13.7. The Labute approximate surface area is 129 Å². The lowest BCUT2D eigenvalue weighted by atomic mass is 9.99. The molecule has 1 aliphatic rings. The van der Waals surface area contributed by atoms with Crippen LogP contribution in [-0.2, 0) is 0 Å². The first-order valence-electron chi connectivity index (χ1n) is 7.59. The summed E-state index contributed by atoms with van der Waals surface area (Å²) in [6.07, 6.45) is 1.80. The summed E-state index contributed by atoms with van der Waals surface area (Å²) in [6, 6.07) is 3.27. The van der Waals surface area contributed by atoms with Crippen molar-refractivity contribution in [2.45, 2.75) is 25.7 Å². The number of hydrogen-bond donors (Lipinski definition) is 2. The smallest absolute Gasteiger partial charge is 0.317 e. The van der Waals surface area contributed by atoms with Gasteiger partial charge in [0.25, 0.3) is 0 Å². The summed E-state index contributed by atoms with van der Waals surface area (Å²) in [6.45, 7) is 3.36. The minimum atomic E-state index is -0.610. The third kappa shape index (κ3) is 4.16. The van der Waals surface area contributed by atoms with E-state index in [1.165, 1.54) is 12.1 Å². The fourth-order valence-corrected chi connectivity index (χ4v) is 2.76. The van der Waals surface area contributed by atoms with Crippen LogP contribution >= 0.6 is 0 Å². The number of amides is 2. The zero-order valence-electron chi connectivity index (χ0n) is 12.7. The Balaban J connectivity index is 1.87. The zero-order valence-corrected chi connectivity index (χ0v) is 12.7. The summed E-state index contributed by atoms with van der Waals surface area (Å²) in [5.74, 6) is -1.32. The largest absolute Gasteiger partial charge is 0.396 e. The summed E-state index contributed by atoms with van der Waals surface area (Å²) in [5.41, 5.74) is 0.383. The maximum Gasteiger partial charge on any atom is 0.317 e. The molecule has 1 aromatic rings. The molecule has 1 saturated heterocycles. The van der Waals surface area contributed by atoms with Crippen molar-refractivity contribution in [1.82, 2.24) is 10.2 Å². The molecule has 1 fully saturated rings. The average molecular weight is 312 g/mol. The fourth-order valence-electron chi connectivity index (χ4n) is 2.76. The molecular weight excluding hydrogens is 290 g/mol. The van der Waals surface area contributed by atoms with Crippen LogP contribution in [0.3, 0.4) is 0 Å². The van der Waals surface area contributed by atoms with Gasteiger partial charge >= 0.3 is 6.03 Å². The van der Waals surface area contributed by atoms with E-state index in [0.29, 0.717) is 18.7 Å². The summed E-state index contributed by atoms with van der Waals surface area (Å²) >= 11 is 0. The highest BCUT2D eigenvalue weighted by Gasteiger charge is 2.23. The number of carbonyl (C=O) groups is 1. The number of nitrogens with zero attached hydrogens (tertiary/aromatic N) is 1. The Morgan fingerprint density at radius 1 is 1.50 bits per heavy atom. The van der Waals surface area contributed by atoms with E-state index in [9.17, 15) is 18.7 Å². The van der Waals surface area contributed by atoms with Gasteiger partial charge in [-0.2, -0.15) is 0 Å². The van der Waals surface area contributed by atoms with Crippen molar-refractivity contribution in [2.75, 3.05) is 26.2 Å². The minimum absolute atomic E-state index is 0.0843. The second kappa shape index (κ2) is 7.54. The molecule has 122 valence electrons. The Morgan fingerprint density at radius 3 is 2.95 bits per heavy atom. The number of nitrogens with one attached hydrogen (secondary N) is 1. The number of halogens is 2. The number of rotatable bonds is 4. The van der Waals surface area contributed by atoms with Gasteiger partial charge in [0.2, 0.25) is 0 Å². The maximum absolute atomic E-state index is 13.7. The van der Waals surface area contributed by atoms with Gasteiger partial charge in [0, 0.05) is 38.2 Å². The summed E-state index contributed by atoms with van der Waals surface area (Å²) in [5, 5.41) is 12.0. The molecule has 0 saturated carbocycles. The number of piperidine rings is 1. The first-order chi connectivity index (χ1) is 10.5. The molecule has 0 aromatic heterocycles. The van der Waals surface area contributed by atoms with Gasteiger partial charge in [-0.15, -0.1) is 0 Å². The Morgan fingerprint density at radius 2 is 2.27 bits per heavy atom. The van der Waals surface area contributed by atoms with Crippen LogP contribution in [0.25, 0.3) is 0 Å². The molecule has 0 aliphatic carbocycles. The van der Waals surface area contributed by atoms with E-state index in [0.717, 1.165) is 18.9 Å². The van der Waals surface area contributed by atoms with Crippen molar-refractivity contribution in [1.29, 1.82) is 0 Å². The van der Waals surface area contributed by atoms with Crippen LogP contribution in [0.4, 0.5) is 13.6 Å². The second-order valence-corrected chi connectivity index (χ2v) is 5.89. The summed E-state index contributed by atoms with van der Waals surface area (Å²) < 4.78 is 26.6. The molecule has 1 aliphatic heterocycles. The molecule has 1 aromatic carbocycles. The van der Waals surface area contributed by atoms with Crippen LogP contribution < -0.4 is 5.32 Å². The standard InChI is InChI=1S/C16H22F2N2O2/c1-11(14-5-4-13(17)7-15(14)18)8-19-16(22)20-6-2-3-12(9-20)10-21/h4-5,7,11-12,21H,2-3,6,8-10H2,1H3,(H,19,22)/t11-,12-/m1/s1. The van der Waals surface area contributed by atoms with Crippen LogP contribution in [0.1, 0.15) is 31.2 Å². The van der Waals surface area contributed by atoms with Crippen LogP contribution in [0.15, 0.2) is 18.2 Å². The highest BCUT2D eigenvalue weighted by atomic mass is 19.1. The van der Waals surface area contributed by atoms with Crippen molar-refractivity contribution in [3.8, 4) is 0 Å². The molecule has 6 heteroatoms. The van der Waals surface area contributed by atoms with E-state index in [-0.39, 0.29) is 31.0 Å². The molecule has 2 rings (SSSR count). The Bertz CT molecular complexity index is 525. The SMILES string of the molecule is C[C@H](CNC(=O)N1CCC[C@@H](CO)C1)c1ccc(F)cc1F. The fraction of sp³-hybridized carbons (Fsp3) is 0.562. The van der Waals surface area contributed by atoms with Gasteiger partial charge < -0.3 is 15.3 Å². The lowest BCUT2D eigenvalue weighted by molar-refractivity contribution is 0.129. The third-order valence-corrected chi connectivity index (χ3v) is 4.12. The molecule has 0 spiro atoms. The normalized spacial score (nSPS) is 19.8. The van der Waals surface area contributed by atoms with Crippen molar-refractivity contribution < 1.29 is 18.7 Å². The number of likely N-dealkylation sites (tertiary alicyclic amines) is 1. The van der Waals surface area contributed by atoms with Gasteiger partial charge in [0.05, 0.1) is 0 Å². The molecule has 2 atom stereocenters. The summed E-state index contributed by atoms with van der Waals surface area (Å²) in [7, 11) is 0. The molecule has 0 unspecified atom stereocenters. The van der Waals surface area contributed by atoms with Gasteiger partial charge in [-0.1, -0.05) is 13.0 Å². The number of aliphatic hydroxyl groups excluding tert-OH is 1. The number of aliphatic hydroxyl groups is 1. The molecule has 2 N–H and O–H groups in total. The molecule has 0 bridgehead atoms. The quantitative estimate of drug-likeness (QED) is 0.897. The number of hydrogen-bond acceptors (Lipinski definition) is 2. The molecule has 0 radical (unpaired) electrons.